The van der Waals surface area contributed by atoms with E-state index < -0.39 is 0 Å². The molecule has 1 aliphatic heterocycles. The van der Waals surface area contributed by atoms with Gasteiger partial charge in [0.1, 0.15) is 5.82 Å². The number of aromatic nitrogens is 1. The minimum absolute atomic E-state index is 0.0460. The van der Waals surface area contributed by atoms with Gasteiger partial charge in [-0.1, -0.05) is 42.5 Å². The van der Waals surface area contributed by atoms with E-state index in [1.165, 1.54) is 10.5 Å². The van der Waals surface area contributed by atoms with Crippen LogP contribution in [0.15, 0.2) is 60.7 Å². The van der Waals surface area contributed by atoms with Gasteiger partial charge in [0, 0.05) is 31.3 Å². The van der Waals surface area contributed by atoms with Crippen LogP contribution in [0, 0.1) is 0 Å². The normalized spacial score (nSPS) is 12.8. The molecular formula is C24H25N3O2. The van der Waals surface area contributed by atoms with Gasteiger partial charge in [0.15, 0.2) is 0 Å². The fraction of sp³-hybridized carbons (Fsp3) is 0.250. The van der Waals surface area contributed by atoms with Crippen LogP contribution in [0.3, 0.4) is 0 Å². The lowest BCUT2D eigenvalue weighted by Gasteiger charge is -2.17. The summed E-state index contributed by atoms with van der Waals surface area (Å²) in [4.78, 5) is 18.8. The maximum atomic E-state index is 12.5. The minimum Gasteiger partial charge on any atom is -0.395 e. The molecule has 0 bridgehead atoms. The second kappa shape index (κ2) is 8.45. The van der Waals surface area contributed by atoms with Crippen molar-refractivity contribution in [2.75, 3.05) is 32.1 Å². The van der Waals surface area contributed by atoms with E-state index in [0.29, 0.717) is 12.1 Å². The highest BCUT2D eigenvalue weighted by Gasteiger charge is 2.13. The molecule has 0 spiro atoms. The monoisotopic (exact) mass is 387 g/mol. The molecule has 2 heterocycles. The van der Waals surface area contributed by atoms with Crippen LogP contribution in [0.1, 0.15) is 22.3 Å². The molecule has 1 aromatic heterocycles. The lowest BCUT2D eigenvalue weighted by Crippen LogP contribution is -2.29. The number of hydrogen-bond acceptors (Lipinski definition) is 4. The van der Waals surface area contributed by atoms with E-state index in [-0.39, 0.29) is 12.5 Å². The van der Waals surface area contributed by atoms with Gasteiger partial charge in [-0.25, -0.2) is 4.98 Å². The number of likely N-dealkylation sites (N-methyl/N-ethyl adjacent to an activating group) is 1. The Kier molecular flexibility index (Phi) is 5.58. The van der Waals surface area contributed by atoms with Crippen LogP contribution >= 0.6 is 0 Å². The second-order valence-corrected chi connectivity index (χ2v) is 7.34. The molecule has 5 nitrogen and oxygen atoms in total. The Labute approximate surface area is 171 Å². The summed E-state index contributed by atoms with van der Waals surface area (Å²) < 4.78 is 0. The number of carbonyl (C=O) groups excluding carboxylic acids is 1. The minimum atomic E-state index is -0.0942. The number of aryl methyl sites for hydroxylation is 1. The van der Waals surface area contributed by atoms with Crippen molar-refractivity contribution in [1.29, 1.82) is 0 Å². The number of amides is 1. The zero-order chi connectivity index (χ0) is 20.2. The summed E-state index contributed by atoms with van der Waals surface area (Å²) in [7, 11) is 1.69. The predicted molar refractivity (Wildman–Crippen MR) is 116 cm³/mol. The summed E-state index contributed by atoms with van der Waals surface area (Å²) in [6, 6.07) is 20.1. The number of anilines is 1. The number of fused-ring (bicyclic) bond motifs is 1. The Bertz CT molecular complexity index is 1010. The average Bonchev–Trinajstić information content (AvgIpc) is 2.78. The summed E-state index contributed by atoms with van der Waals surface area (Å²) >= 11 is 0. The topological polar surface area (TPSA) is 65.5 Å². The molecule has 1 aliphatic rings. The Morgan fingerprint density at radius 2 is 1.86 bits per heavy atom. The van der Waals surface area contributed by atoms with Gasteiger partial charge in [-0.05, 0) is 47.7 Å². The SMILES string of the molecule is CN(CCO)C(=O)c1cccc(-c2ccc(-c3ccc4c(n3)NCCC4)cc2)c1. The molecule has 4 rings (SSSR count). The third-order valence-corrected chi connectivity index (χ3v) is 5.30. The highest BCUT2D eigenvalue weighted by molar-refractivity contribution is 5.95. The van der Waals surface area contributed by atoms with Crippen molar-refractivity contribution in [3.63, 3.8) is 0 Å². The molecule has 0 aliphatic carbocycles. The zero-order valence-corrected chi connectivity index (χ0v) is 16.6. The van der Waals surface area contributed by atoms with Gasteiger partial charge >= 0.3 is 0 Å². The Balaban J connectivity index is 1.57. The summed E-state index contributed by atoms with van der Waals surface area (Å²) in [6.07, 6.45) is 2.23. The number of benzene rings is 2. The van der Waals surface area contributed by atoms with E-state index >= 15 is 0 Å². The molecule has 29 heavy (non-hydrogen) atoms. The maximum Gasteiger partial charge on any atom is 0.253 e. The molecule has 0 atom stereocenters. The van der Waals surface area contributed by atoms with E-state index in [0.717, 1.165) is 47.6 Å². The number of pyridine rings is 1. The fourth-order valence-electron chi connectivity index (χ4n) is 3.63. The molecule has 0 saturated carbocycles. The lowest BCUT2D eigenvalue weighted by atomic mass is 10.00. The predicted octanol–water partition coefficient (Wildman–Crippen LogP) is 3.84. The third kappa shape index (κ3) is 4.15. The molecule has 0 radical (unpaired) electrons. The third-order valence-electron chi connectivity index (χ3n) is 5.30. The van der Waals surface area contributed by atoms with Crippen LogP contribution in [0.4, 0.5) is 5.82 Å². The van der Waals surface area contributed by atoms with Crippen molar-refractivity contribution in [3.8, 4) is 22.4 Å². The van der Waals surface area contributed by atoms with E-state index in [1.807, 2.05) is 18.2 Å². The Morgan fingerprint density at radius 3 is 2.66 bits per heavy atom. The van der Waals surface area contributed by atoms with Crippen LogP contribution in [-0.2, 0) is 6.42 Å². The van der Waals surface area contributed by atoms with Crippen LogP contribution in [0.5, 0.6) is 0 Å². The van der Waals surface area contributed by atoms with Crippen molar-refractivity contribution in [2.24, 2.45) is 0 Å². The lowest BCUT2D eigenvalue weighted by molar-refractivity contribution is 0.0767. The Morgan fingerprint density at radius 1 is 1.07 bits per heavy atom. The van der Waals surface area contributed by atoms with Crippen molar-refractivity contribution in [1.82, 2.24) is 9.88 Å². The van der Waals surface area contributed by atoms with Gasteiger partial charge in [0.25, 0.3) is 5.91 Å². The first-order chi connectivity index (χ1) is 14.2. The number of nitrogens with one attached hydrogen (secondary N) is 1. The highest BCUT2D eigenvalue weighted by Crippen LogP contribution is 2.28. The van der Waals surface area contributed by atoms with E-state index in [9.17, 15) is 4.79 Å². The number of aliphatic hydroxyl groups is 1. The zero-order valence-electron chi connectivity index (χ0n) is 16.6. The number of carbonyl (C=O) groups is 1. The molecule has 2 aromatic carbocycles. The molecule has 5 heteroatoms. The van der Waals surface area contributed by atoms with Crippen molar-refractivity contribution >= 4 is 11.7 Å². The molecule has 148 valence electrons. The Hall–Kier alpha value is -3.18. The molecule has 0 unspecified atom stereocenters. The highest BCUT2D eigenvalue weighted by atomic mass is 16.3. The summed E-state index contributed by atoms with van der Waals surface area (Å²) in [5.41, 5.74) is 5.96. The van der Waals surface area contributed by atoms with Gasteiger partial charge in [0.2, 0.25) is 0 Å². The maximum absolute atomic E-state index is 12.5. The standard InChI is InChI=1S/C24H25N3O2/c1-27(14-15-28)24(29)21-5-2-4-20(16-21)17-7-9-18(10-8-17)22-12-11-19-6-3-13-25-23(19)26-22/h2,4-5,7-12,16,28H,3,6,13-15H2,1H3,(H,25,26). The van der Waals surface area contributed by atoms with E-state index in [2.05, 4.69) is 41.7 Å². The van der Waals surface area contributed by atoms with Crippen molar-refractivity contribution in [2.45, 2.75) is 12.8 Å². The first-order valence-electron chi connectivity index (χ1n) is 9.97. The van der Waals surface area contributed by atoms with Gasteiger partial charge < -0.3 is 15.3 Å². The van der Waals surface area contributed by atoms with Crippen LogP contribution in [-0.4, -0.2) is 47.6 Å². The quantitative estimate of drug-likeness (QED) is 0.698. The van der Waals surface area contributed by atoms with Crippen LogP contribution < -0.4 is 5.32 Å². The number of rotatable bonds is 5. The van der Waals surface area contributed by atoms with E-state index in [1.54, 1.807) is 13.1 Å². The molecule has 1 amide bonds. The van der Waals surface area contributed by atoms with Gasteiger partial charge in [-0.2, -0.15) is 0 Å². The molecule has 2 N–H and O–H groups in total. The number of hydrogen-bond donors (Lipinski definition) is 2. The van der Waals surface area contributed by atoms with Gasteiger partial charge in [-0.3, -0.25) is 4.79 Å². The number of nitrogens with zero attached hydrogens (tertiary/aromatic N) is 2. The fourth-order valence-corrected chi connectivity index (χ4v) is 3.63. The summed E-state index contributed by atoms with van der Waals surface area (Å²) in [5.74, 6) is 0.902. The van der Waals surface area contributed by atoms with Crippen LogP contribution in [0.25, 0.3) is 22.4 Å². The first-order valence-corrected chi connectivity index (χ1v) is 9.97. The molecule has 3 aromatic rings. The summed E-state index contributed by atoms with van der Waals surface area (Å²) in [5, 5.41) is 12.4. The molecular weight excluding hydrogens is 362 g/mol. The van der Waals surface area contributed by atoms with Crippen molar-refractivity contribution < 1.29 is 9.90 Å². The second-order valence-electron chi connectivity index (χ2n) is 7.34. The largest absolute Gasteiger partial charge is 0.395 e. The number of aliphatic hydroxyl groups excluding tert-OH is 1. The summed E-state index contributed by atoms with van der Waals surface area (Å²) in [6.45, 7) is 1.25. The van der Waals surface area contributed by atoms with Crippen molar-refractivity contribution in [3.05, 3.63) is 71.8 Å². The van der Waals surface area contributed by atoms with Gasteiger partial charge in [-0.15, -0.1) is 0 Å². The molecule has 0 fully saturated rings. The molecule has 0 saturated heterocycles. The van der Waals surface area contributed by atoms with Gasteiger partial charge in [0.05, 0.1) is 12.3 Å². The van der Waals surface area contributed by atoms with Crippen LogP contribution in [0.2, 0.25) is 0 Å². The van der Waals surface area contributed by atoms with E-state index in [4.69, 9.17) is 10.1 Å². The average molecular weight is 387 g/mol. The first kappa shape index (κ1) is 19.2. The smallest absolute Gasteiger partial charge is 0.253 e.